The number of rotatable bonds is 6. The maximum absolute atomic E-state index is 12.2. The molecule has 20 heavy (non-hydrogen) atoms. The molecular weight excluding hydrogens is 262 g/mol. The van der Waals surface area contributed by atoms with Gasteiger partial charge in [0.05, 0.1) is 0 Å². The Morgan fingerprint density at radius 3 is 2.30 bits per heavy atom. The molecule has 0 aromatic rings. The number of amides is 3. The molecule has 0 saturated carbocycles. The van der Waals surface area contributed by atoms with Crippen LogP contribution in [-0.4, -0.2) is 59.0 Å². The summed E-state index contributed by atoms with van der Waals surface area (Å²) in [6, 6.07) is -0.416. The minimum Gasteiger partial charge on any atom is -0.480 e. The van der Waals surface area contributed by atoms with Gasteiger partial charge in [-0.2, -0.15) is 0 Å². The van der Waals surface area contributed by atoms with Gasteiger partial charge >= 0.3 is 12.0 Å². The van der Waals surface area contributed by atoms with Crippen molar-refractivity contribution in [1.82, 2.24) is 9.80 Å². The van der Waals surface area contributed by atoms with Crippen LogP contribution in [0, 0.1) is 5.92 Å². The second kappa shape index (κ2) is 7.72. The van der Waals surface area contributed by atoms with Crippen LogP contribution in [0.1, 0.15) is 32.6 Å². The highest BCUT2D eigenvalue weighted by Gasteiger charge is 2.27. The summed E-state index contributed by atoms with van der Waals surface area (Å²) in [6.45, 7) is 2.49. The van der Waals surface area contributed by atoms with E-state index in [0.29, 0.717) is 19.0 Å². The van der Waals surface area contributed by atoms with Gasteiger partial charge in [-0.1, -0.05) is 19.8 Å². The first-order valence-electron chi connectivity index (χ1n) is 6.98. The van der Waals surface area contributed by atoms with Crippen LogP contribution in [-0.2, 0) is 9.59 Å². The van der Waals surface area contributed by atoms with Crippen LogP contribution in [0.25, 0.3) is 0 Å². The minimum absolute atomic E-state index is 0.361. The number of carbonyl (C=O) groups excluding carboxylic acids is 2. The van der Waals surface area contributed by atoms with Crippen molar-refractivity contribution in [2.24, 2.45) is 11.7 Å². The third-order valence-corrected chi connectivity index (χ3v) is 3.53. The molecule has 1 fully saturated rings. The zero-order valence-corrected chi connectivity index (χ0v) is 11.9. The molecule has 0 bridgehead atoms. The molecular formula is C13H23N3O4. The van der Waals surface area contributed by atoms with Crippen LogP contribution < -0.4 is 5.73 Å². The molecule has 1 rings (SSSR count). The van der Waals surface area contributed by atoms with Crippen LogP contribution in [0.3, 0.4) is 0 Å². The maximum Gasteiger partial charge on any atom is 0.323 e. The third kappa shape index (κ3) is 5.07. The molecule has 7 nitrogen and oxygen atoms in total. The number of hydrogen-bond acceptors (Lipinski definition) is 3. The van der Waals surface area contributed by atoms with E-state index in [4.69, 9.17) is 10.8 Å². The van der Waals surface area contributed by atoms with Crippen LogP contribution >= 0.6 is 0 Å². The highest BCUT2D eigenvalue weighted by Crippen LogP contribution is 2.22. The molecule has 1 heterocycles. The number of nitrogens with zero attached hydrogens (tertiary/aromatic N) is 2. The molecule has 0 unspecified atom stereocenters. The topological polar surface area (TPSA) is 104 Å². The molecule has 114 valence electrons. The van der Waals surface area contributed by atoms with Gasteiger partial charge < -0.3 is 20.6 Å². The number of carbonyl (C=O) groups is 3. The van der Waals surface area contributed by atoms with Gasteiger partial charge in [-0.3, -0.25) is 9.59 Å². The molecule has 3 N–H and O–H groups in total. The summed E-state index contributed by atoms with van der Waals surface area (Å²) < 4.78 is 0. The zero-order valence-electron chi connectivity index (χ0n) is 11.9. The Kier molecular flexibility index (Phi) is 6.27. The highest BCUT2D eigenvalue weighted by molar-refractivity contribution is 5.86. The van der Waals surface area contributed by atoms with Gasteiger partial charge in [-0.25, -0.2) is 4.79 Å². The SMILES string of the molecule is CCCC1CCN(C(=O)N(CC(N)=O)CC(=O)O)CC1. The summed E-state index contributed by atoms with van der Waals surface area (Å²) in [5, 5.41) is 8.79. The van der Waals surface area contributed by atoms with E-state index in [1.165, 1.54) is 0 Å². The van der Waals surface area contributed by atoms with Gasteiger partial charge in [-0.05, 0) is 18.8 Å². The fourth-order valence-corrected chi connectivity index (χ4v) is 2.56. The minimum atomic E-state index is -1.15. The molecule has 0 aliphatic carbocycles. The molecule has 1 aliphatic heterocycles. The molecule has 0 aromatic carbocycles. The van der Waals surface area contributed by atoms with E-state index in [1.54, 1.807) is 4.90 Å². The van der Waals surface area contributed by atoms with Crippen molar-refractivity contribution in [3.63, 3.8) is 0 Å². The maximum atomic E-state index is 12.2. The predicted octanol–water partition coefficient (Wildman–Crippen LogP) is 0.490. The predicted molar refractivity (Wildman–Crippen MR) is 73.0 cm³/mol. The van der Waals surface area contributed by atoms with Crippen LogP contribution in [0.5, 0.6) is 0 Å². The summed E-state index contributed by atoms with van der Waals surface area (Å²) in [5.74, 6) is -1.23. The molecule has 7 heteroatoms. The number of carboxylic acids is 1. The lowest BCUT2D eigenvalue weighted by molar-refractivity contribution is -0.138. The van der Waals surface area contributed by atoms with Crippen molar-refractivity contribution in [2.45, 2.75) is 32.6 Å². The molecule has 1 aliphatic rings. The second-order valence-corrected chi connectivity index (χ2v) is 5.22. The van der Waals surface area contributed by atoms with Gasteiger partial charge in [0, 0.05) is 13.1 Å². The highest BCUT2D eigenvalue weighted by atomic mass is 16.4. The number of hydrogen-bond donors (Lipinski definition) is 2. The fourth-order valence-electron chi connectivity index (χ4n) is 2.56. The summed E-state index contributed by atoms with van der Waals surface area (Å²) in [5.41, 5.74) is 5.05. The first-order chi connectivity index (χ1) is 9.43. The smallest absolute Gasteiger partial charge is 0.323 e. The Bertz CT molecular complexity index is 349. The van der Waals surface area contributed by atoms with Gasteiger partial charge in [0.1, 0.15) is 13.1 Å². The second-order valence-electron chi connectivity index (χ2n) is 5.22. The Labute approximate surface area is 118 Å². The number of aliphatic carboxylic acids is 1. The number of carboxylic acid groups (broad SMARTS) is 1. The van der Waals surface area contributed by atoms with Gasteiger partial charge in [0.2, 0.25) is 5.91 Å². The zero-order chi connectivity index (χ0) is 15.1. The van der Waals surface area contributed by atoms with E-state index in [2.05, 4.69) is 6.92 Å². The largest absolute Gasteiger partial charge is 0.480 e. The summed E-state index contributed by atoms with van der Waals surface area (Å²) >= 11 is 0. The Morgan fingerprint density at radius 1 is 1.25 bits per heavy atom. The van der Waals surface area contributed by atoms with Crippen molar-refractivity contribution < 1.29 is 19.5 Å². The monoisotopic (exact) mass is 285 g/mol. The lowest BCUT2D eigenvalue weighted by atomic mass is 9.93. The number of nitrogens with two attached hydrogens (primary N) is 1. The van der Waals surface area contributed by atoms with Gasteiger partial charge in [0.25, 0.3) is 0 Å². The summed E-state index contributed by atoms with van der Waals surface area (Å²) in [4.78, 5) is 36.5. The Balaban J connectivity index is 2.57. The van der Waals surface area contributed by atoms with Gasteiger partial charge in [-0.15, -0.1) is 0 Å². The quantitative estimate of drug-likeness (QED) is 0.741. The van der Waals surface area contributed by atoms with Crippen LogP contribution in [0.15, 0.2) is 0 Å². The standard InChI is InChI=1S/C13H23N3O4/c1-2-3-10-4-6-15(7-5-10)13(20)16(8-11(14)17)9-12(18)19/h10H,2-9H2,1H3,(H2,14,17)(H,18,19). The molecule has 0 atom stereocenters. The summed E-state index contributed by atoms with van der Waals surface area (Å²) in [6.07, 6.45) is 4.14. The van der Waals surface area contributed by atoms with E-state index >= 15 is 0 Å². The van der Waals surface area contributed by atoms with E-state index in [0.717, 1.165) is 30.6 Å². The van der Waals surface area contributed by atoms with Crippen molar-refractivity contribution in [3.8, 4) is 0 Å². The van der Waals surface area contributed by atoms with Crippen molar-refractivity contribution in [2.75, 3.05) is 26.2 Å². The number of likely N-dealkylation sites (tertiary alicyclic amines) is 1. The van der Waals surface area contributed by atoms with Crippen molar-refractivity contribution in [1.29, 1.82) is 0 Å². The number of urea groups is 1. The average molecular weight is 285 g/mol. The number of piperidine rings is 1. The van der Waals surface area contributed by atoms with E-state index in [1.807, 2.05) is 0 Å². The third-order valence-electron chi connectivity index (χ3n) is 3.53. The first-order valence-corrected chi connectivity index (χ1v) is 6.98. The van der Waals surface area contributed by atoms with Gasteiger partial charge in [0.15, 0.2) is 0 Å². The molecule has 0 radical (unpaired) electrons. The molecule has 1 saturated heterocycles. The van der Waals surface area contributed by atoms with Crippen LogP contribution in [0.2, 0.25) is 0 Å². The lowest BCUT2D eigenvalue weighted by Crippen LogP contribution is -2.50. The Hall–Kier alpha value is -1.79. The fraction of sp³-hybridized carbons (Fsp3) is 0.769. The number of primary amides is 1. The first kappa shape index (κ1) is 16.3. The van der Waals surface area contributed by atoms with E-state index in [9.17, 15) is 14.4 Å². The Morgan fingerprint density at radius 2 is 1.85 bits per heavy atom. The molecule has 0 aromatic heterocycles. The van der Waals surface area contributed by atoms with Crippen LogP contribution in [0.4, 0.5) is 4.79 Å². The molecule has 0 spiro atoms. The van der Waals surface area contributed by atoms with E-state index < -0.39 is 24.5 Å². The van der Waals surface area contributed by atoms with Crippen molar-refractivity contribution in [3.05, 3.63) is 0 Å². The van der Waals surface area contributed by atoms with Crippen molar-refractivity contribution >= 4 is 17.9 Å². The normalized spacial score (nSPS) is 15.9. The lowest BCUT2D eigenvalue weighted by Gasteiger charge is -2.35. The summed E-state index contributed by atoms with van der Waals surface area (Å²) in [7, 11) is 0. The molecule has 3 amide bonds. The van der Waals surface area contributed by atoms with E-state index in [-0.39, 0.29) is 6.54 Å². The average Bonchev–Trinajstić information content (AvgIpc) is 2.37.